The van der Waals surface area contributed by atoms with Gasteiger partial charge >= 0.3 is 0 Å². The summed E-state index contributed by atoms with van der Waals surface area (Å²) in [6.07, 6.45) is 0.232. The number of para-hydroxylation sites is 1. The van der Waals surface area contributed by atoms with Crippen LogP contribution in [0.15, 0.2) is 24.3 Å². The monoisotopic (exact) mass is 330 g/mol. The van der Waals surface area contributed by atoms with Crippen LogP contribution in [0.1, 0.15) is 6.42 Å². The van der Waals surface area contributed by atoms with Crippen LogP contribution in [0, 0.1) is 11.7 Å². The standard InChI is InChI=1S/C13H15FN2O5S/c14-10-3-1-2-4-11(10)21-7-12(17)15-16-13(18)9-5-6-22(19,20)8-9/h1-4,9H,5-8H2,(H,15,17)(H,16,18)/t9-/m0/s1. The molecule has 0 aliphatic carbocycles. The maximum atomic E-state index is 13.2. The van der Waals surface area contributed by atoms with Crippen LogP contribution in [0.5, 0.6) is 5.75 Å². The Kier molecular flexibility index (Phi) is 4.96. The molecule has 0 bridgehead atoms. The predicted octanol–water partition coefficient (Wildman–Crippen LogP) is -0.213. The second-order valence-corrected chi connectivity index (χ2v) is 7.09. The van der Waals surface area contributed by atoms with Gasteiger partial charge in [-0.15, -0.1) is 0 Å². The Morgan fingerprint density at radius 3 is 2.64 bits per heavy atom. The van der Waals surface area contributed by atoms with E-state index in [-0.39, 0.29) is 23.7 Å². The Morgan fingerprint density at radius 2 is 2.00 bits per heavy atom. The van der Waals surface area contributed by atoms with Crippen molar-refractivity contribution in [3.05, 3.63) is 30.1 Å². The molecule has 0 radical (unpaired) electrons. The number of hydrogen-bond acceptors (Lipinski definition) is 5. The van der Waals surface area contributed by atoms with Crippen LogP contribution >= 0.6 is 0 Å². The number of carbonyl (C=O) groups is 2. The first-order valence-corrected chi connectivity index (χ1v) is 8.36. The zero-order valence-electron chi connectivity index (χ0n) is 11.5. The molecule has 0 aromatic heterocycles. The molecule has 0 saturated carbocycles. The Bertz CT molecular complexity index is 677. The highest BCUT2D eigenvalue weighted by Gasteiger charge is 2.33. The summed E-state index contributed by atoms with van der Waals surface area (Å²) in [7, 11) is -3.17. The van der Waals surface area contributed by atoms with Crippen LogP contribution in [0.2, 0.25) is 0 Å². The van der Waals surface area contributed by atoms with Crippen LogP contribution in [-0.4, -0.2) is 38.3 Å². The average molecular weight is 330 g/mol. The lowest BCUT2D eigenvalue weighted by atomic mass is 10.1. The molecule has 120 valence electrons. The third-order valence-corrected chi connectivity index (χ3v) is 4.89. The quantitative estimate of drug-likeness (QED) is 0.744. The third kappa shape index (κ3) is 4.42. The van der Waals surface area contributed by atoms with E-state index in [4.69, 9.17) is 4.74 Å². The molecule has 0 spiro atoms. The van der Waals surface area contributed by atoms with Crippen molar-refractivity contribution in [2.24, 2.45) is 5.92 Å². The van der Waals surface area contributed by atoms with Gasteiger partial charge in [-0.2, -0.15) is 0 Å². The Morgan fingerprint density at radius 1 is 1.27 bits per heavy atom. The normalized spacial score (nSPS) is 19.4. The fourth-order valence-electron chi connectivity index (χ4n) is 1.98. The average Bonchev–Trinajstić information content (AvgIpc) is 2.84. The molecule has 1 aliphatic rings. The molecular weight excluding hydrogens is 315 g/mol. The Balaban J connectivity index is 1.74. The first-order chi connectivity index (χ1) is 10.4. The highest BCUT2D eigenvalue weighted by molar-refractivity contribution is 7.91. The van der Waals surface area contributed by atoms with E-state index in [2.05, 4.69) is 10.9 Å². The van der Waals surface area contributed by atoms with E-state index in [9.17, 15) is 22.4 Å². The lowest BCUT2D eigenvalue weighted by Crippen LogP contribution is -2.46. The van der Waals surface area contributed by atoms with Crippen molar-refractivity contribution in [2.75, 3.05) is 18.1 Å². The fourth-order valence-corrected chi connectivity index (χ4v) is 3.72. The van der Waals surface area contributed by atoms with Gasteiger partial charge in [0.05, 0.1) is 17.4 Å². The number of nitrogens with one attached hydrogen (secondary N) is 2. The van der Waals surface area contributed by atoms with E-state index in [0.29, 0.717) is 0 Å². The SMILES string of the molecule is O=C(COc1ccccc1F)NNC(=O)[C@H]1CCS(=O)(=O)C1. The third-order valence-electron chi connectivity index (χ3n) is 3.12. The molecule has 22 heavy (non-hydrogen) atoms. The summed E-state index contributed by atoms with van der Waals surface area (Å²) >= 11 is 0. The Labute approximate surface area is 126 Å². The first-order valence-electron chi connectivity index (χ1n) is 6.54. The number of rotatable bonds is 4. The fraction of sp³-hybridized carbons (Fsp3) is 0.385. The van der Waals surface area contributed by atoms with Gasteiger partial charge in [-0.3, -0.25) is 20.4 Å². The molecule has 1 heterocycles. The van der Waals surface area contributed by atoms with Crippen LogP contribution in [0.25, 0.3) is 0 Å². The van der Waals surface area contributed by atoms with Crippen molar-refractivity contribution < 1.29 is 27.1 Å². The zero-order valence-corrected chi connectivity index (χ0v) is 12.4. The molecule has 0 unspecified atom stereocenters. The molecule has 9 heteroatoms. The Hall–Kier alpha value is -2.16. The number of halogens is 1. The molecule has 1 aliphatic heterocycles. The molecule has 2 rings (SSSR count). The van der Waals surface area contributed by atoms with Crippen molar-refractivity contribution in [3.63, 3.8) is 0 Å². The van der Waals surface area contributed by atoms with Crippen molar-refractivity contribution in [1.82, 2.24) is 10.9 Å². The van der Waals surface area contributed by atoms with Gasteiger partial charge in [-0.05, 0) is 18.6 Å². The largest absolute Gasteiger partial charge is 0.481 e. The van der Waals surface area contributed by atoms with E-state index in [0.717, 1.165) is 0 Å². The summed E-state index contributed by atoms with van der Waals surface area (Å²) in [6.45, 7) is -0.482. The van der Waals surface area contributed by atoms with Crippen LogP contribution in [0.3, 0.4) is 0 Å². The lowest BCUT2D eigenvalue weighted by molar-refractivity contribution is -0.131. The molecule has 1 aromatic rings. The van der Waals surface area contributed by atoms with Gasteiger partial charge < -0.3 is 4.74 Å². The highest BCUT2D eigenvalue weighted by Crippen LogP contribution is 2.18. The summed E-state index contributed by atoms with van der Waals surface area (Å²) < 4.78 is 40.7. The molecule has 7 nitrogen and oxygen atoms in total. The summed E-state index contributed by atoms with van der Waals surface area (Å²) in [4.78, 5) is 23.2. The van der Waals surface area contributed by atoms with E-state index < -0.39 is 40.0 Å². The number of benzene rings is 1. The maximum Gasteiger partial charge on any atom is 0.276 e. The number of hydrogen-bond donors (Lipinski definition) is 2. The molecule has 1 atom stereocenters. The smallest absolute Gasteiger partial charge is 0.276 e. The number of sulfone groups is 1. The summed E-state index contributed by atoms with van der Waals surface area (Å²) in [5.74, 6) is -2.85. The van der Waals surface area contributed by atoms with Crippen molar-refractivity contribution in [2.45, 2.75) is 6.42 Å². The predicted molar refractivity (Wildman–Crippen MR) is 74.9 cm³/mol. The van der Waals surface area contributed by atoms with Gasteiger partial charge in [-0.1, -0.05) is 12.1 Å². The summed E-state index contributed by atoms with van der Waals surface area (Å²) in [5, 5.41) is 0. The molecule has 2 N–H and O–H groups in total. The van der Waals surface area contributed by atoms with Gasteiger partial charge in [-0.25, -0.2) is 12.8 Å². The summed E-state index contributed by atoms with van der Waals surface area (Å²) in [6, 6.07) is 5.59. The van der Waals surface area contributed by atoms with E-state index in [1.807, 2.05) is 0 Å². The first kappa shape index (κ1) is 16.2. The second kappa shape index (κ2) is 6.73. The second-order valence-electron chi connectivity index (χ2n) is 4.86. The van der Waals surface area contributed by atoms with E-state index >= 15 is 0 Å². The van der Waals surface area contributed by atoms with E-state index in [1.165, 1.54) is 18.2 Å². The minimum atomic E-state index is -3.17. The molecule has 1 saturated heterocycles. The van der Waals surface area contributed by atoms with Gasteiger partial charge in [0.1, 0.15) is 0 Å². The van der Waals surface area contributed by atoms with Crippen LogP contribution < -0.4 is 15.6 Å². The topological polar surface area (TPSA) is 102 Å². The van der Waals surface area contributed by atoms with Crippen molar-refractivity contribution in [1.29, 1.82) is 0 Å². The minimum Gasteiger partial charge on any atom is -0.481 e. The summed E-state index contributed by atoms with van der Waals surface area (Å²) in [5.41, 5.74) is 4.23. The molecule has 2 amide bonds. The highest BCUT2D eigenvalue weighted by atomic mass is 32.2. The minimum absolute atomic E-state index is 0.0323. The van der Waals surface area contributed by atoms with Gasteiger partial charge in [0.25, 0.3) is 5.91 Å². The van der Waals surface area contributed by atoms with Gasteiger partial charge in [0.15, 0.2) is 28.0 Å². The van der Waals surface area contributed by atoms with E-state index in [1.54, 1.807) is 6.07 Å². The number of amides is 2. The number of carbonyl (C=O) groups excluding carboxylic acids is 2. The number of ether oxygens (including phenoxy) is 1. The lowest BCUT2D eigenvalue weighted by Gasteiger charge is -2.11. The number of hydrazine groups is 1. The van der Waals surface area contributed by atoms with Crippen molar-refractivity contribution in [3.8, 4) is 5.75 Å². The molecular formula is C13H15FN2O5S. The van der Waals surface area contributed by atoms with Gasteiger partial charge in [0.2, 0.25) is 5.91 Å². The maximum absolute atomic E-state index is 13.2. The molecule has 1 aromatic carbocycles. The molecule has 1 fully saturated rings. The van der Waals surface area contributed by atoms with Crippen LogP contribution in [0.4, 0.5) is 4.39 Å². The zero-order chi connectivity index (χ0) is 16.2. The van der Waals surface area contributed by atoms with Crippen LogP contribution in [-0.2, 0) is 19.4 Å². The van der Waals surface area contributed by atoms with Crippen molar-refractivity contribution >= 4 is 21.7 Å². The van der Waals surface area contributed by atoms with Gasteiger partial charge in [0, 0.05) is 0 Å².